The molecule has 0 aromatic heterocycles. The molecule has 0 aliphatic rings. The second kappa shape index (κ2) is 8.21. The van der Waals surface area contributed by atoms with E-state index in [1.807, 2.05) is 54.6 Å². The van der Waals surface area contributed by atoms with Crippen LogP contribution in [0.5, 0.6) is 11.5 Å². The van der Waals surface area contributed by atoms with Crippen LogP contribution in [0, 0.1) is 0 Å². The number of alkyl halides is 1. The lowest BCUT2D eigenvalue weighted by Crippen LogP contribution is -2.01. The van der Waals surface area contributed by atoms with E-state index >= 15 is 0 Å². The van der Waals surface area contributed by atoms with Crippen molar-refractivity contribution in [1.82, 2.24) is 0 Å². The summed E-state index contributed by atoms with van der Waals surface area (Å²) in [5.41, 5.74) is 9.82. The molecule has 0 aliphatic carbocycles. The Hall–Kier alpha value is -3.27. The fourth-order valence-corrected chi connectivity index (χ4v) is 2.58. The zero-order chi connectivity index (χ0) is 18.4. The average Bonchev–Trinajstić information content (AvgIpc) is 2.67. The molecule has 0 spiro atoms. The van der Waals surface area contributed by atoms with Gasteiger partial charge in [-0.15, -0.1) is 0 Å². The molecule has 3 nitrogen and oxygen atoms in total. The maximum absolute atomic E-state index is 12.8. The quantitative estimate of drug-likeness (QED) is 0.593. The third-order valence-corrected chi connectivity index (χ3v) is 3.92. The zero-order valence-electron chi connectivity index (χ0n) is 14.4. The van der Waals surface area contributed by atoms with E-state index in [4.69, 9.17) is 10.5 Å². The number of anilines is 1. The normalized spacial score (nSPS) is 10.3. The molecule has 26 heavy (non-hydrogen) atoms. The number of rotatable bonds is 7. The minimum Gasteiger partial charge on any atom is -0.457 e. The second-order valence-electron chi connectivity index (χ2n) is 5.99. The number of hydrogen-bond acceptors (Lipinski definition) is 3. The van der Waals surface area contributed by atoms with Gasteiger partial charge in [-0.05, 0) is 53.1 Å². The maximum Gasteiger partial charge on any atom is 0.127 e. The molecule has 0 aliphatic heterocycles. The average molecular weight is 348 g/mol. The summed E-state index contributed by atoms with van der Waals surface area (Å²) in [5, 5.41) is 3.36. The van der Waals surface area contributed by atoms with Crippen molar-refractivity contribution in [3.05, 3.63) is 96.1 Å². The summed E-state index contributed by atoms with van der Waals surface area (Å²) in [4.78, 5) is 0. The van der Waals surface area contributed by atoms with Crippen LogP contribution in [0.25, 0.3) is 5.70 Å². The monoisotopic (exact) mass is 348 g/mol. The molecule has 132 valence electrons. The summed E-state index contributed by atoms with van der Waals surface area (Å²) in [6, 6.07) is 22.6. The summed E-state index contributed by atoms with van der Waals surface area (Å²) in [7, 11) is 0. The number of ether oxygens (including phenoxy) is 1. The minimum absolute atomic E-state index is 0.505. The van der Waals surface area contributed by atoms with E-state index in [1.54, 1.807) is 18.2 Å². The molecule has 3 N–H and O–H groups in total. The Morgan fingerprint density at radius 2 is 1.58 bits per heavy atom. The van der Waals surface area contributed by atoms with E-state index in [1.165, 1.54) is 0 Å². The van der Waals surface area contributed by atoms with Gasteiger partial charge < -0.3 is 15.8 Å². The molecule has 3 rings (SSSR count). The highest BCUT2D eigenvalue weighted by Gasteiger charge is 2.02. The van der Waals surface area contributed by atoms with Crippen molar-refractivity contribution in [3.8, 4) is 11.5 Å². The van der Waals surface area contributed by atoms with Crippen molar-refractivity contribution in [3.63, 3.8) is 0 Å². The topological polar surface area (TPSA) is 47.3 Å². The first kappa shape index (κ1) is 17.5. The van der Waals surface area contributed by atoms with Gasteiger partial charge in [0.15, 0.2) is 0 Å². The minimum atomic E-state index is -0.505. The Kier molecular flexibility index (Phi) is 5.54. The van der Waals surface area contributed by atoms with Crippen LogP contribution in [0.4, 0.5) is 10.1 Å². The van der Waals surface area contributed by atoms with Crippen molar-refractivity contribution in [2.45, 2.75) is 13.2 Å². The molecule has 4 heteroatoms. The van der Waals surface area contributed by atoms with Crippen LogP contribution in [-0.4, -0.2) is 0 Å². The van der Waals surface area contributed by atoms with Gasteiger partial charge >= 0.3 is 0 Å². The number of halogens is 1. The third kappa shape index (κ3) is 4.63. The van der Waals surface area contributed by atoms with Crippen molar-refractivity contribution in [2.24, 2.45) is 5.73 Å². The number of nitrogens with two attached hydrogens (primary N) is 1. The van der Waals surface area contributed by atoms with Gasteiger partial charge in [0.25, 0.3) is 0 Å². The molecule has 3 aromatic carbocycles. The predicted molar refractivity (Wildman–Crippen MR) is 105 cm³/mol. The SMILES string of the molecule is C=C(N)c1cccc(NCc2cccc(Oc3cccc(CF)c3)c2)c1. The first-order valence-corrected chi connectivity index (χ1v) is 8.34. The summed E-state index contributed by atoms with van der Waals surface area (Å²) in [6.07, 6.45) is 0. The van der Waals surface area contributed by atoms with Crippen molar-refractivity contribution < 1.29 is 9.13 Å². The molecule has 0 fully saturated rings. The van der Waals surface area contributed by atoms with Crippen LogP contribution in [0.15, 0.2) is 79.4 Å². The molecular weight excluding hydrogens is 327 g/mol. The Bertz CT molecular complexity index is 908. The molecule has 0 heterocycles. The highest BCUT2D eigenvalue weighted by molar-refractivity contribution is 5.64. The molecule has 0 unspecified atom stereocenters. The lowest BCUT2D eigenvalue weighted by Gasteiger charge is -2.11. The molecule has 0 saturated heterocycles. The predicted octanol–water partition coefficient (Wildman–Crippen LogP) is 5.49. The van der Waals surface area contributed by atoms with E-state index in [9.17, 15) is 4.39 Å². The summed E-state index contributed by atoms with van der Waals surface area (Å²) in [5.74, 6) is 1.34. The Balaban J connectivity index is 1.67. The Labute approximate surface area is 152 Å². The van der Waals surface area contributed by atoms with Gasteiger partial charge in [0.05, 0.1) is 0 Å². The van der Waals surface area contributed by atoms with Gasteiger partial charge in [0.2, 0.25) is 0 Å². The van der Waals surface area contributed by atoms with E-state index < -0.39 is 6.67 Å². The standard InChI is InChI=1S/C22H21FN2O/c1-16(24)19-7-4-8-20(13-19)25-15-18-6-3-10-22(12-18)26-21-9-2-5-17(11-21)14-23/h2-13,25H,1,14-15,24H2. The summed E-state index contributed by atoms with van der Waals surface area (Å²) < 4.78 is 18.6. The number of nitrogens with one attached hydrogen (secondary N) is 1. The fourth-order valence-electron chi connectivity index (χ4n) is 2.58. The molecule has 0 radical (unpaired) electrons. The highest BCUT2D eigenvalue weighted by atomic mass is 19.1. The summed E-state index contributed by atoms with van der Waals surface area (Å²) >= 11 is 0. The molecule has 0 bridgehead atoms. The maximum atomic E-state index is 12.8. The second-order valence-corrected chi connectivity index (χ2v) is 5.99. The Morgan fingerprint density at radius 1 is 0.923 bits per heavy atom. The van der Waals surface area contributed by atoms with Crippen molar-refractivity contribution in [2.75, 3.05) is 5.32 Å². The summed E-state index contributed by atoms with van der Waals surface area (Å²) in [6.45, 7) is 3.90. The van der Waals surface area contributed by atoms with Gasteiger partial charge in [0.1, 0.15) is 18.2 Å². The number of hydrogen-bond donors (Lipinski definition) is 2. The molecule has 0 saturated carbocycles. The van der Waals surface area contributed by atoms with Crippen LogP contribution in [-0.2, 0) is 13.2 Å². The van der Waals surface area contributed by atoms with Crippen molar-refractivity contribution >= 4 is 11.4 Å². The van der Waals surface area contributed by atoms with Crippen LogP contribution in [0.3, 0.4) is 0 Å². The first-order chi connectivity index (χ1) is 12.6. The smallest absolute Gasteiger partial charge is 0.127 e. The number of benzene rings is 3. The van der Waals surface area contributed by atoms with E-state index in [2.05, 4.69) is 11.9 Å². The van der Waals surface area contributed by atoms with Gasteiger partial charge in [-0.3, -0.25) is 0 Å². The van der Waals surface area contributed by atoms with E-state index in [0.717, 1.165) is 16.8 Å². The van der Waals surface area contributed by atoms with E-state index in [-0.39, 0.29) is 0 Å². The zero-order valence-corrected chi connectivity index (χ0v) is 14.4. The van der Waals surface area contributed by atoms with Crippen LogP contribution >= 0.6 is 0 Å². The molecule has 0 amide bonds. The van der Waals surface area contributed by atoms with Gasteiger partial charge in [-0.1, -0.05) is 43.0 Å². The van der Waals surface area contributed by atoms with Gasteiger partial charge in [0, 0.05) is 17.9 Å². The Morgan fingerprint density at radius 3 is 2.27 bits per heavy atom. The molecular formula is C22H21FN2O. The van der Waals surface area contributed by atoms with Gasteiger partial charge in [-0.25, -0.2) is 4.39 Å². The van der Waals surface area contributed by atoms with E-state index in [0.29, 0.717) is 29.3 Å². The van der Waals surface area contributed by atoms with Crippen molar-refractivity contribution in [1.29, 1.82) is 0 Å². The molecule has 0 atom stereocenters. The lowest BCUT2D eigenvalue weighted by molar-refractivity contribution is 0.468. The molecule has 3 aromatic rings. The van der Waals surface area contributed by atoms with Gasteiger partial charge in [-0.2, -0.15) is 0 Å². The lowest BCUT2D eigenvalue weighted by atomic mass is 10.1. The largest absolute Gasteiger partial charge is 0.457 e. The third-order valence-electron chi connectivity index (χ3n) is 3.92. The highest BCUT2D eigenvalue weighted by Crippen LogP contribution is 2.24. The van der Waals surface area contributed by atoms with Crippen LogP contribution in [0.2, 0.25) is 0 Å². The van der Waals surface area contributed by atoms with Crippen LogP contribution in [0.1, 0.15) is 16.7 Å². The first-order valence-electron chi connectivity index (χ1n) is 8.34. The fraction of sp³-hybridized carbons (Fsp3) is 0.0909. The van der Waals surface area contributed by atoms with Crippen LogP contribution < -0.4 is 15.8 Å².